The number of benzene rings is 1. The molecule has 1 amide bonds. The molecule has 0 spiro atoms. The Bertz CT molecular complexity index is 942. The number of nitrogens with one attached hydrogen (secondary N) is 2. The number of carbonyl (C=O) groups excluding carboxylic acids is 1. The van der Waals surface area contributed by atoms with E-state index in [0.717, 1.165) is 43.6 Å². The highest BCUT2D eigenvalue weighted by Crippen LogP contribution is 2.38. The molecule has 1 aromatic carbocycles. The summed E-state index contributed by atoms with van der Waals surface area (Å²) in [5.74, 6) is 1.04. The van der Waals surface area contributed by atoms with Gasteiger partial charge in [-0.25, -0.2) is 13.1 Å². The Morgan fingerprint density at radius 3 is 2.42 bits per heavy atom. The molecule has 1 fully saturated rings. The Morgan fingerprint density at radius 2 is 1.84 bits per heavy atom. The molecular weight excluding hydrogens is 414 g/mol. The minimum absolute atomic E-state index is 0.0107. The average Bonchev–Trinajstić information content (AvgIpc) is 2.67. The van der Waals surface area contributed by atoms with Crippen LogP contribution in [0.5, 0.6) is 5.75 Å². The maximum absolute atomic E-state index is 12.4. The smallest absolute Gasteiger partial charge is 0.293 e. The zero-order valence-corrected chi connectivity index (χ0v) is 20.0. The topological polar surface area (TPSA) is 87.7 Å². The number of fused-ring (bicyclic) bond motifs is 1. The quantitative estimate of drug-likeness (QED) is 0.641. The highest BCUT2D eigenvalue weighted by Gasteiger charge is 2.33. The number of carbonyl (C=O) groups is 1. The van der Waals surface area contributed by atoms with Crippen LogP contribution in [0.4, 0.5) is 11.4 Å². The number of nitrogens with zero attached hydrogens (tertiary/aromatic N) is 1. The summed E-state index contributed by atoms with van der Waals surface area (Å²) < 4.78 is 32.5. The van der Waals surface area contributed by atoms with Gasteiger partial charge in [-0.3, -0.25) is 9.69 Å². The summed E-state index contributed by atoms with van der Waals surface area (Å²) in [6.07, 6.45) is 3.64. The Hall–Kier alpha value is -2.06. The van der Waals surface area contributed by atoms with E-state index in [1.807, 2.05) is 32.0 Å². The highest BCUT2D eigenvalue weighted by molar-refractivity contribution is 7.90. The molecule has 0 radical (unpaired) electrons. The number of sulfonamides is 1. The molecule has 1 aromatic rings. The van der Waals surface area contributed by atoms with Crippen LogP contribution in [0.15, 0.2) is 30.5 Å². The highest BCUT2D eigenvalue weighted by atomic mass is 32.2. The van der Waals surface area contributed by atoms with Crippen molar-refractivity contribution in [2.75, 3.05) is 16.8 Å². The van der Waals surface area contributed by atoms with Gasteiger partial charge in [0.05, 0.1) is 10.4 Å². The Balaban J connectivity index is 1.56. The molecule has 0 saturated heterocycles. The molecule has 1 aliphatic carbocycles. The van der Waals surface area contributed by atoms with Crippen LogP contribution in [0.25, 0.3) is 0 Å². The van der Waals surface area contributed by atoms with Crippen molar-refractivity contribution in [3.8, 4) is 5.75 Å². The normalized spacial score (nSPS) is 22.3. The lowest BCUT2D eigenvalue weighted by molar-refractivity contribution is -0.118. The Kier molecular flexibility index (Phi) is 6.72. The number of hydrogen-bond acceptors (Lipinski definition) is 5. The van der Waals surface area contributed by atoms with Crippen molar-refractivity contribution in [2.45, 2.75) is 77.1 Å². The van der Waals surface area contributed by atoms with Crippen LogP contribution in [0.3, 0.4) is 0 Å². The van der Waals surface area contributed by atoms with E-state index >= 15 is 0 Å². The largest absolute Gasteiger partial charge is 0.450 e. The van der Waals surface area contributed by atoms with Gasteiger partial charge in [0.25, 0.3) is 5.91 Å². The number of ether oxygens (including phenoxy) is 1. The first kappa shape index (κ1) is 23.6. The molecule has 0 bridgehead atoms. The second kappa shape index (κ2) is 8.82. The van der Waals surface area contributed by atoms with Crippen molar-refractivity contribution in [3.63, 3.8) is 0 Å². The zero-order chi connectivity index (χ0) is 23.0. The number of rotatable bonds is 6. The lowest BCUT2D eigenvalue weighted by atomic mass is 9.86. The van der Waals surface area contributed by atoms with Crippen LogP contribution in [0.2, 0.25) is 0 Å². The third kappa shape index (κ3) is 5.23. The van der Waals surface area contributed by atoms with Crippen molar-refractivity contribution in [3.05, 3.63) is 30.5 Å². The van der Waals surface area contributed by atoms with Gasteiger partial charge in [-0.1, -0.05) is 6.58 Å². The predicted molar refractivity (Wildman–Crippen MR) is 125 cm³/mol. The minimum Gasteiger partial charge on any atom is -0.450 e. The first-order valence-electron chi connectivity index (χ1n) is 11.0. The molecule has 0 aromatic heterocycles. The molecular formula is C23H35N3O4S. The van der Waals surface area contributed by atoms with Crippen molar-refractivity contribution in [2.24, 2.45) is 5.92 Å². The van der Waals surface area contributed by atoms with E-state index in [9.17, 15) is 13.2 Å². The lowest BCUT2D eigenvalue weighted by Crippen LogP contribution is -2.46. The number of amides is 1. The zero-order valence-electron chi connectivity index (χ0n) is 19.2. The number of anilines is 2. The van der Waals surface area contributed by atoms with Gasteiger partial charge in [0, 0.05) is 30.4 Å². The van der Waals surface area contributed by atoms with Crippen LogP contribution in [-0.2, 0) is 14.8 Å². The summed E-state index contributed by atoms with van der Waals surface area (Å²) in [5.41, 5.74) is 1.68. The molecule has 0 atom stereocenters. The van der Waals surface area contributed by atoms with Crippen LogP contribution in [0.1, 0.15) is 60.3 Å². The van der Waals surface area contributed by atoms with Crippen molar-refractivity contribution < 1.29 is 17.9 Å². The predicted octanol–water partition coefficient (Wildman–Crippen LogP) is 4.02. The average molecular weight is 450 g/mol. The van der Waals surface area contributed by atoms with Gasteiger partial charge in [0.1, 0.15) is 0 Å². The van der Waals surface area contributed by atoms with Crippen molar-refractivity contribution >= 4 is 27.3 Å². The molecule has 1 aliphatic heterocycles. The molecule has 2 aliphatic rings. The SMILES string of the molecule is C=C1Oc2cc(NCC3CCC(NS(=O)(=O)C(C)(C)C)CC3)ccc2N(C(C)C)C1=O. The van der Waals surface area contributed by atoms with Gasteiger partial charge in [0.15, 0.2) is 11.5 Å². The van der Waals surface area contributed by atoms with Gasteiger partial charge in [-0.05, 0) is 78.4 Å². The van der Waals surface area contributed by atoms with Crippen LogP contribution < -0.4 is 19.7 Å². The van der Waals surface area contributed by atoms with E-state index in [4.69, 9.17) is 4.74 Å². The molecule has 8 heteroatoms. The van der Waals surface area contributed by atoms with Gasteiger partial charge in [-0.2, -0.15) is 0 Å². The molecule has 7 nitrogen and oxygen atoms in total. The minimum atomic E-state index is -3.31. The summed E-state index contributed by atoms with van der Waals surface area (Å²) in [6.45, 7) is 13.6. The van der Waals surface area contributed by atoms with E-state index in [2.05, 4.69) is 16.6 Å². The molecule has 0 unspecified atom stereocenters. The van der Waals surface area contributed by atoms with Crippen molar-refractivity contribution in [1.82, 2.24) is 4.72 Å². The van der Waals surface area contributed by atoms with E-state index in [-0.39, 0.29) is 23.8 Å². The van der Waals surface area contributed by atoms with Gasteiger partial charge in [-0.15, -0.1) is 0 Å². The van der Waals surface area contributed by atoms with Gasteiger partial charge < -0.3 is 10.1 Å². The molecule has 1 saturated carbocycles. The summed E-state index contributed by atoms with van der Waals surface area (Å²) in [4.78, 5) is 14.1. The number of hydrogen-bond donors (Lipinski definition) is 2. The molecule has 1 heterocycles. The summed E-state index contributed by atoms with van der Waals surface area (Å²) >= 11 is 0. The van der Waals surface area contributed by atoms with Crippen LogP contribution in [0, 0.1) is 5.92 Å². The lowest BCUT2D eigenvalue weighted by Gasteiger charge is -2.33. The summed E-state index contributed by atoms with van der Waals surface area (Å²) in [5, 5.41) is 3.47. The van der Waals surface area contributed by atoms with Gasteiger partial charge >= 0.3 is 0 Å². The molecule has 3 rings (SSSR count). The fourth-order valence-corrected chi connectivity index (χ4v) is 5.01. The van der Waals surface area contributed by atoms with E-state index in [1.54, 1.807) is 25.7 Å². The first-order valence-corrected chi connectivity index (χ1v) is 12.5. The standard InChI is InChI=1S/C23H35N3O4S/c1-15(2)26-20-12-11-19(13-21(20)30-16(3)22(26)27)24-14-17-7-9-18(10-8-17)25-31(28,29)23(4,5)6/h11-13,15,17-18,24-25H,3,7-10,14H2,1-2,4-6H3. The third-order valence-corrected chi connectivity index (χ3v) is 8.25. The van der Waals surface area contributed by atoms with E-state index in [0.29, 0.717) is 11.7 Å². The van der Waals surface area contributed by atoms with Crippen molar-refractivity contribution in [1.29, 1.82) is 0 Å². The second-order valence-corrected chi connectivity index (χ2v) is 12.3. The Labute approximate surface area is 186 Å². The fourth-order valence-electron chi connectivity index (χ4n) is 3.98. The molecule has 31 heavy (non-hydrogen) atoms. The molecule has 2 N–H and O–H groups in total. The van der Waals surface area contributed by atoms with Crippen LogP contribution >= 0.6 is 0 Å². The Morgan fingerprint density at radius 1 is 1.19 bits per heavy atom. The molecule has 172 valence electrons. The first-order chi connectivity index (χ1) is 14.4. The summed E-state index contributed by atoms with van der Waals surface area (Å²) in [6, 6.07) is 5.80. The maximum atomic E-state index is 12.4. The van der Waals surface area contributed by atoms with Gasteiger partial charge in [0.2, 0.25) is 10.0 Å². The van der Waals surface area contributed by atoms with Crippen LogP contribution in [-0.4, -0.2) is 37.7 Å². The maximum Gasteiger partial charge on any atom is 0.293 e. The van der Waals surface area contributed by atoms with E-state index in [1.165, 1.54) is 0 Å². The monoisotopic (exact) mass is 449 g/mol. The van der Waals surface area contributed by atoms with E-state index < -0.39 is 14.8 Å². The second-order valence-electron chi connectivity index (χ2n) is 9.81. The summed E-state index contributed by atoms with van der Waals surface area (Å²) in [7, 11) is -3.31. The third-order valence-electron chi connectivity index (χ3n) is 6.00. The fraction of sp³-hybridized carbons (Fsp3) is 0.609.